The third-order valence-electron chi connectivity index (χ3n) is 2.58. The van der Waals surface area contributed by atoms with Crippen molar-refractivity contribution in [2.24, 2.45) is 0 Å². The summed E-state index contributed by atoms with van der Waals surface area (Å²) < 4.78 is 5.56. The lowest BCUT2D eigenvalue weighted by molar-refractivity contribution is 0.0935. The smallest absolute Gasteiger partial charge is 0.255 e. The minimum absolute atomic E-state index is 0.0638. The van der Waals surface area contributed by atoms with Gasteiger partial charge in [-0.3, -0.25) is 4.79 Å². The molecule has 0 aromatic heterocycles. The molecule has 1 atom stereocenters. The van der Waals surface area contributed by atoms with Crippen LogP contribution in [0.4, 0.5) is 0 Å². The van der Waals surface area contributed by atoms with E-state index in [1.54, 1.807) is 6.07 Å². The number of carbonyl (C=O) groups excluding carboxylic acids is 1. The second-order valence-corrected chi connectivity index (χ2v) is 4.13. The molecular weight excluding hydrogens is 214 g/mol. The van der Waals surface area contributed by atoms with Crippen molar-refractivity contribution in [3.05, 3.63) is 29.8 Å². The van der Waals surface area contributed by atoms with Gasteiger partial charge >= 0.3 is 0 Å². The molecule has 0 spiro atoms. The van der Waals surface area contributed by atoms with Crippen molar-refractivity contribution in [3.8, 4) is 5.75 Å². The van der Waals surface area contributed by atoms with Crippen molar-refractivity contribution < 1.29 is 9.53 Å². The molecule has 94 valence electrons. The van der Waals surface area contributed by atoms with Gasteiger partial charge < -0.3 is 10.1 Å². The first-order valence-corrected chi connectivity index (χ1v) is 6.21. The zero-order chi connectivity index (χ0) is 12.7. The predicted octanol–water partition coefficient (Wildman–Crippen LogP) is 3.00. The molecule has 1 aromatic carbocycles. The minimum Gasteiger partial charge on any atom is -0.493 e. The third kappa shape index (κ3) is 4.10. The van der Waals surface area contributed by atoms with Gasteiger partial charge in [0.25, 0.3) is 5.91 Å². The van der Waals surface area contributed by atoms with Gasteiger partial charge in [-0.15, -0.1) is 0 Å². The van der Waals surface area contributed by atoms with Crippen molar-refractivity contribution in [1.29, 1.82) is 0 Å². The Balaban J connectivity index is 2.77. The zero-order valence-electron chi connectivity index (χ0n) is 10.8. The third-order valence-corrected chi connectivity index (χ3v) is 2.58. The molecule has 0 saturated heterocycles. The van der Waals surface area contributed by atoms with Crippen LogP contribution in [-0.2, 0) is 0 Å². The van der Waals surface area contributed by atoms with Crippen LogP contribution in [0.2, 0.25) is 0 Å². The molecule has 1 rings (SSSR count). The maximum Gasteiger partial charge on any atom is 0.255 e. The maximum absolute atomic E-state index is 12.0. The van der Waals surface area contributed by atoms with E-state index in [4.69, 9.17) is 4.74 Å². The first-order valence-electron chi connectivity index (χ1n) is 6.21. The highest BCUT2D eigenvalue weighted by Gasteiger charge is 2.13. The molecular formula is C14H21NO2. The van der Waals surface area contributed by atoms with E-state index in [-0.39, 0.29) is 11.9 Å². The van der Waals surface area contributed by atoms with E-state index in [2.05, 4.69) is 5.32 Å². The van der Waals surface area contributed by atoms with Crippen LogP contribution in [0.3, 0.4) is 0 Å². The highest BCUT2D eigenvalue weighted by atomic mass is 16.5. The van der Waals surface area contributed by atoms with Crippen LogP contribution < -0.4 is 10.1 Å². The molecule has 0 aliphatic carbocycles. The molecule has 0 aliphatic rings. The van der Waals surface area contributed by atoms with Crippen molar-refractivity contribution >= 4 is 5.91 Å². The van der Waals surface area contributed by atoms with Crippen molar-refractivity contribution in [1.82, 2.24) is 5.32 Å². The lowest BCUT2D eigenvalue weighted by atomic mass is 10.1. The average molecular weight is 235 g/mol. The molecule has 0 heterocycles. The van der Waals surface area contributed by atoms with E-state index < -0.39 is 0 Å². The van der Waals surface area contributed by atoms with Crippen LogP contribution in [0, 0.1) is 0 Å². The Kier molecular flexibility index (Phi) is 5.53. The first-order chi connectivity index (χ1) is 8.19. The Labute approximate surface area is 103 Å². The highest BCUT2D eigenvalue weighted by Crippen LogP contribution is 2.18. The monoisotopic (exact) mass is 235 g/mol. The summed E-state index contributed by atoms with van der Waals surface area (Å²) in [5, 5.41) is 2.94. The predicted molar refractivity (Wildman–Crippen MR) is 69.4 cm³/mol. The summed E-state index contributed by atoms with van der Waals surface area (Å²) >= 11 is 0. The Morgan fingerprint density at radius 2 is 2.06 bits per heavy atom. The van der Waals surface area contributed by atoms with E-state index >= 15 is 0 Å². The molecule has 0 fully saturated rings. The number of ether oxygens (including phenoxy) is 1. The Bertz CT molecular complexity index is 363. The van der Waals surface area contributed by atoms with Gasteiger partial charge in [0.15, 0.2) is 0 Å². The van der Waals surface area contributed by atoms with Crippen molar-refractivity contribution in [2.75, 3.05) is 6.61 Å². The van der Waals surface area contributed by atoms with Crippen LogP contribution in [0.25, 0.3) is 0 Å². The van der Waals surface area contributed by atoms with Gasteiger partial charge in [-0.05, 0) is 31.9 Å². The molecule has 1 N–H and O–H groups in total. The summed E-state index contributed by atoms with van der Waals surface area (Å²) in [7, 11) is 0. The molecule has 0 radical (unpaired) electrons. The standard InChI is InChI=1S/C14H21NO2/c1-4-10-17-13-9-7-6-8-12(13)14(16)15-11(3)5-2/h6-9,11H,4-5,10H2,1-3H3,(H,15,16). The molecule has 1 unspecified atom stereocenters. The number of para-hydroxylation sites is 1. The zero-order valence-corrected chi connectivity index (χ0v) is 10.8. The fourth-order valence-corrected chi connectivity index (χ4v) is 1.40. The number of rotatable bonds is 6. The number of carbonyl (C=O) groups is 1. The number of hydrogen-bond acceptors (Lipinski definition) is 2. The lowest BCUT2D eigenvalue weighted by Gasteiger charge is -2.14. The summed E-state index contributed by atoms with van der Waals surface area (Å²) in [6, 6.07) is 7.54. The normalized spacial score (nSPS) is 11.9. The Morgan fingerprint density at radius 3 is 2.71 bits per heavy atom. The van der Waals surface area contributed by atoms with E-state index in [1.165, 1.54) is 0 Å². The maximum atomic E-state index is 12.0. The second kappa shape index (κ2) is 6.94. The number of amides is 1. The van der Waals surface area contributed by atoms with Crippen LogP contribution >= 0.6 is 0 Å². The second-order valence-electron chi connectivity index (χ2n) is 4.13. The fraction of sp³-hybridized carbons (Fsp3) is 0.500. The van der Waals surface area contributed by atoms with Gasteiger partial charge in [0.05, 0.1) is 12.2 Å². The SMILES string of the molecule is CCCOc1ccccc1C(=O)NC(C)CC. The minimum atomic E-state index is -0.0638. The molecule has 0 aliphatic heterocycles. The summed E-state index contributed by atoms with van der Waals surface area (Å²) in [4.78, 5) is 12.0. The average Bonchev–Trinajstić information content (AvgIpc) is 2.36. The Morgan fingerprint density at radius 1 is 1.35 bits per heavy atom. The van der Waals surface area contributed by atoms with Crippen molar-refractivity contribution in [3.63, 3.8) is 0 Å². The first kappa shape index (κ1) is 13.6. The lowest BCUT2D eigenvalue weighted by Crippen LogP contribution is -2.32. The Hall–Kier alpha value is -1.51. The number of benzene rings is 1. The van der Waals surface area contributed by atoms with Crippen LogP contribution in [0.1, 0.15) is 44.0 Å². The van der Waals surface area contributed by atoms with E-state index in [0.717, 1.165) is 12.8 Å². The molecule has 1 aromatic rings. The molecule has 3 nitrogen and oxygen atoms in total. The summed E-state index contributed by atoms with van der Waals surface area (Å²) in [6.07, 6.45) is 1.85. The van der Waals surface area contributed by atoms with Gasteiger partial charge in [-0.2, -0.15) is 0 Å². The largest absolute Gasteiger partial charge is 0.493 e. The van der Waals surface area contributed by atoms with Crippen LogP contribution in [0.15, 0.2) is 24.3 Å². The molecule has 0 bridgehead atoms. The molecule has 0 saturated carbocycles. The topological polar surface area (TPSA) is 38.3 Å². The molecule has 17 heavy (non-hydrogen) atoms. The van der Waals surface area contributed by atoms with Gasteiger partial charge in [0.2, 0.25) is 0 Å². The van der Waals surface area contributed by atoms with E-state index in [0.29, 0.717) is 17.9 Å². The van der Waals surface area contributed by atoms with Crippen molar-refractivity contribution in [2.45, 2.75) is 39.7 Å². The van der Waals surface area contributed by atoms with Gasteiger partial charge in [0.1, 0.15) is 5.75 Å². The number of hydrogen-bond donors (Lipinski definition) is 1. The van der Waals surface area contributed by atoms with Gasteiger partial charge in [-0.1, -0.05) is 26.0 Å². The van der Waals surface area contributed by atoms with Crippen LogP contribution in [0.5, 0.6) is 5.75 Å². The summed E-state index contributed by atoms with van der Waals surface area (Å²) in [6.45, 7) is 6.72. The summed E-state index contributed by atoms with van der Waals surface area (Å²) in [5.41, 5.74) is 0.612. The fourth-order valence-electron chi connectivity index (χ4n) is 1.40. The molecule has 1 amide bonds. The molecule has 3 heteroatoms. The van der Waals surface area contributed by atoms with Gasteiger partial charge in [0, 0.05) is 6.04 Å². The highest BCUT2D eigenvalue weighted by molar-refractivity contribution is 5.97. The summed E-state index contributed by atoms with van der Waals surface area (Å²) in [5.74, 6) is 0.598. The van der Waals surface area contributed by atoms with Crippen LogP contribution in [-0.4, -0.2) is 18.6 Å². The van der Waals surface area contributed by atoms with E-state index in [1.807, 2.05) is 39.0 Å². The quantitative estimate of drug-likeness (QED) is 0.823. The number of nitrogens with one attached hydrogen (secondary N) is 1. The van der Waals surface area contributed by atoms with Gasteiger partial charge in [-0.25, -0.2) is 0 Å². The van der Waals surface area contributed by atoms with E-state index in [9.17, 15) is 4.79 Å².